The van der Waals surface area contributed by atoms with Crippen LogP contribution in [0.5, 0.6) is 5.75 Å². The van der Waals surface area contributed by atoms with Crippen LogP contribution in [0.4, 0.5) is 0 Å². The molecule has 0 saturated heterocycles. The Morgan fingerprint density at radius 3 is 2.85 bits per heavy atom. The van der Waals surface area contributed by atoms with Gasteiger partial charge in [-0.25, -0.2) is 0 Å². The van der Waals surface area contributed by atoms with Gasteiger partial charge in [-0.3, -0.25) is 14.7 Å². The molecule has 27 heavy (non-hydrogen) atoms. The first-order valence-corrected chi connectivity index (χ1v) is 9.51. The molecule has 1 unspecified atom stereocenters. The van der Waals surface area contributed by atoms with Gasteiger partial charge < -0.3 is 4.74 Å². The predicted molar refractivity (Wildman–Crippen MR) is 106 cm³/mol. The van der Waals surface area contributed by atoms with E-state index >= 15 is 0 Å². The van der Waals surface area contributed by atoms with Crippen LogP contribution < -0.4 is 4.74 Å². The Morgan fingerprint density at radius 1 is 1.26 bits per heavy atom. The Bertz CT molecular complexity index is 942. The number of rotatable bonds is 5. The van der Waals surface area contributed by atoms with E-state index in [2.05, 4.69) is 56.9 Å². The molecule has 1 N–H and O–H groups in total. The van der Waals surface area contributed by atoms with E-state index in [4.69, 9.17) is 4.74 Å². The van der Waals surface area contributed by atoms with Crippen LogP contribution in [0, 0.1) is 13.8 Å². The van der Waals surface area contributed by atoms with Crippen molar-refractivity contribution in [2.75, 3.05) is 13.7 Å². The summed E-state index contributed by atoms with van der Waals surface area (Å²) < 4.78 is 7.50. The van der Waals surface area contributed by atoms with E-state index in [1.54, 1.807) is 7.11 Å². The van der Waals surface area contributed by atoms with Crippen LogP contribution >= 0.6 is 0 Å². The summed E-state index contributed by atoms with van der Waals surface area (Å²) in [6.07, 6.45) is 0.994. The van der Waals surface area contributed by atoms with Gasteiger partial charge in [-0.15, -0.1) is 0 Å². The molecule has 0 fully saturated rings. The van der Waals surface area contributed by atoms with Crippen molar-refractivity contribution in [3.8, 4) is 17.0 Å². The lowest BCUT2D eigenvalue weighted by molar-refractivity contribution is 0.169. The number of nitrogens with zero attached hydrogens (tertiary/aromatic N) is 4. The fourth-order valence-electron chi connectivity index (χ4n) is 3.93. The SMILES string of the molecule is COc1cccc(-c2n[nH]c3c2CN(C(C)Cn2nc(C)cc2C)CC3)c1. The smallest absolute Gasteiger partial charge is 0.119 e. The van der Waals surface area contributed by atoms with Crippen LogP contribution in [0.15, 0.2) is 30.3 Å². The molecule has 4 rings (SSSR count). The monoisotopic (exact) mass is 365 g/mol. The Labute approximate surface area is 160 Å². The Balaban J connectivity index is 1.55. The van der Waals surface area contributed by atoms with E-state index in [9.17, 15) is 0 Å². The molecule has 0 radical (unpaired) electrons. The lowest BCUT2D eigenvalue weighted by Crippen LogP contribution is -2.40. The first kappa shape index (κ1) is 17.8. The molecule has 0 bridgehead atoms. The van der Waals surface area contributed by atoms with Crippen molar-refractivity contribution in [2.24, 2.45) is 0 Å². The molecule has 3 heterocycles. The lowest BCUT2D eigenvalue weighted by Gasteiger charge is -2.32. The number of benzene rings is 1. The molecule has 0 spiro atoms. The van der Waals surface area contributed by atoms with Gasteiger partial charge in [0.25, 0.3) is 0 Å². The molecule has 6 heteroatoms. The highest BCUT2D eigenvalue weighted by atomic mass is 16.5. The Hall–Kier alpha value is -2.60. The number of hydrogen-bond donors (Lipinski definition) is 1. The minimum Gasteiger partial charge on any atom is -0.497 e. The van der Waals surface area contributed by atoms with Crippen LogP contribution in [0.2, 0.25) is 0 Å². The highest BCUT2D eigenvalue weighted by Crippen LogP contribution is 2.31. The van der Waals surface area contributed by atoms with Crippen molar-refractivity contribution in [3.63, 3.8) is 0 Å². The van der Waals surface area contributed by atoms with Crippen LogP contribution in [-0.2, 0) is 19.5 Å². The average Bonchev–Trinajstić information content (AvgIpc) is 3.23. The lowest BCUT2D eigenvalue weighted by atomic mass is 10.00. The van der Waals surface area contributed by atoms with E-state index < -0.39 is 0 Å². The standard InChI is InChI=1S/C21H27N5O/c1-14-10-15(2)26(24-14)12-16(3)25-9-8-20-19(13-25)21(23-22-20)17-6-5-7-18(11-17)27-4/h5-7,10-11,16H,8-9,12-13H2,1-4H3,(H,22,23). The third kappa shape index (κ3) is 3.49. The summed E-state index contributed by atoms with van der Waals surface area (Å²) in [5, 5.41) is 12.5. The third-order valence-corrected chi connectivity index (χ3v) is 5.47. The van der Waals surface area contributed by atoms with Gasteiger partial charge in [0.1, 0.15) is 5.75 Å². The van der Waals surface area contributed by atoms with Crippen molar-refractivity contribution in [3.05, 3.63) is 53.0 Å². The maximum Gasteiger partial charge on any atom is 0.119 e. The van der Waals surface area contributed by atoms with Crippen LogP contribution in [0.25, 0.3) is 11.3 Å². The second-order valence-electron chi connectivity index (χ2n) is 7.44. The molecule has 1 aromatic carbocycles. The van der Waals surface area contributed by atoms with Crippen LogP contribution in [0.3, 0.4) is 0 Å². The number of H-pyrrole nitrogens is 1. The number of aromatic amines is 1. The molecule has 1 aliphatic rings. The third-order valence-electron chi connectivity index (χ3n) is 5.47. The van der Waals surface area contributed by atoms with E-state index in [0.29, 0.717) is 6.04 Å². The van der Waals surface area contributed by atoms with Gasteiger partial charge in [-0.2, -0.15) is 10.2 Å². The van der Waals surface area contributed by atoms with Crippen molar-refractivity contribution in [1.29, 1.82) is 0 Å². The molecule has 0 aliphatic carbocycles. The summed E-state index contributed by atoms with van der Waals surface area (Å²) in [6, 6.07) is 10.7. The number of hydrogen-bond acceptors (Lipinski definition) is 4. The van der Waals surface area contributed by atoms with Crippen LogP contribution in [0.1, 0.15) is 29.6 Å². The second-order valence-corrected chi connectivity index (χ2v) is 7.44. The van der Waals surface area contributed by atoms with Gasteiger partial charge in [-0.1, -0.05) is 12.1 Å². The summed E-state index contributed by atoms with van der Waals surface area (Å²) >= 11 is 0. The minimum absolute atomic E-state index is 0.407. The van der Waals surface area contributed by atoms with Crippen molar-refractivity contribution < 1.29 is 4.74 Å². The number of fused-ring (bicyclic) bond motifs is 1. The highest BCUT2D eigenvalue weighted by Gasteiger charge is 2.26. The molecule has 1 aliphatic heterocycles. The van der Waals surface area contributed by atoms with Gasteiger partial charge in [-0.05, 0) is 39.0 Å². The predicted octanol–water partition coefficient (Wildman–Crippen LogP) is 3.35. The summed E-state index contributed by atoms with van der Waals surface area (Å²) in [5.41, 5.74) is 6.98. The normalized spacial score (nSPS) is 15.6. The highest BCUT2D eigenvalue weighted by molar-refractivity contribution is 5.66. The second kappa shape index (κ2) is 7.19. The van der Waals surface area contributed by atoms with Gasteiger partial charge in [0, 0.05) is 48.1 Å². The number of aryl methyl sites for hydroxylation is 2. The molecule has 2 aromatic heterocycles. The molecular formula is C21H27N5O. The fraction of sp³-hybridized carbons (Fsp3) is 0.429. The molecule has 0 saturated carbocycles. The maximum atomic E-state index is 5.38. The van der Waals surface area contributed by atoms with Gasteiger partial charge in [0.05, 0.1) is 25.0 Å². The van der Waals surface area contributed by atoms with Crippen LogP contribution in [-0.4, -0.2) is 44.6 Å². The quantitative estimate of drug-likeness (QED) is 0.753. The number of aromatic nitrogens is 4. The summed E-state index contributed by atoms with van der Waals surface area (Å²) in [5.74, 6) is 0.856. The first-order valence-electron chi connectivity index (χ1n) is 9.51. The molecular weight excluding hydrogens is 338 g/mol. The molecule has 6 nitrogen and oxygen atoms in total. The van der Waals surface area contributed by atoms with Crippen molar-refractivity contribution >= 4 is 0 Å². The van der Waals surface area contributed by atoms with E-state index in [0.717, 1.165) is 48.8 Å². The van der Waals surface area contributed by atoms with Gasteiger partial charge in [0.15, 0.2) is 0 Å². The Morgan fingerprint density at radius 2 is 2.11 bits per heavy atom. The van der Waals surface area contributed by atoms with Crippen molar-refractivity contribution in [2.45, 2.75) is 46.3 Å². The van der Waals surface area contributed by atoms with E-state index in [1.807, 2.05) is 19.1 Å². The van der Waals surface area contributed by atoms with E-state index in [-0.39, 0.29) is 0 Å². The number of methoxy groups -OCH3 is 1. The average molecular weight is 365 g/mol. The summed E-state index contributed by atoms with van der Waals surface area (Å²) in [4.78, 5) is 2.53. The largest absolute Gasteiger partial charge is 0.497 e. The zero-order valence-corrected chi connectivity index (χ0v) is 16.5. The van der Waals surface area contributed by atoms with Gasteiger partial charge >= 0.3 is 0 Å². The fourth-order valence-corrected chi connectivity index (χ4v) is 3.93. The number of nitrogens with one attached hydrogen (secondary N) is 1. The summed E-state index contributed by atoms with van der Waals surface area (Å²) in [7, 11) is 1.70. The molecule has 3 aromatic rings. The van der Waals surface area contributed by atoms with Gasteiger partial charge in [0.2, 0.25) is 0 Å². The zero-order chi connectivity index (χ0) is 19.0. The van der Waals surface area contributed by atoms with E-state index in [1.165, 1.54) is 17.0 Å². The Kier molecular flexibility index (Phi) is 4.74. The van der Waals surface area contributed by atoms with Crippen molar-refractivity contribution in [1.82, 2.24) is 24.9 Å². The zero-order valence-electron chi connectivity index (χ0n) is 16.5. The maximum absolute atomic E-state index is 5.38. The number of ether oxygens (including phenoxy) is 1. The minimum atomic E-state index is 0.407. The molecule has 0 amide bonds. The topological polar surface area (TPSA) is 59.0 Å². The first-order chi connectivity index (χ1) is 13.0. The molecule has 1 atom stereocenters. The summed E-state index contributed by atoms with van der Waals surface area (Å²) in [6.45, 7) is 9.30. The molecule has 142 valence electrons.